The smallest absolute Gasteiger partial charge is 0.337 e. The summed E-state index contributed by atoms with van der Waals surface area (Å²) < 4.78 is 5.74. The quantitative estimate of drug-likeness (QED) is 0.275. The number of carbonyl (C=O) groups excluding carboxylic acids is 4. The van der Waals surface area contributed by atoms with E-state index in [9.17, 15) is 19.2 Å². The van der Waals surface area contributed by atoms with Crippen LogP contribution in [0.3, 0.4) is 0 Å². The number of nitrogens with one attached hydrogen (secondary N) is 3. The molecule has 0 bridgehead atoms. The monoisotopic (exact) mass is 595 g/mol. The molecule has 3 amide bonds. The van der Waals surface area contributed by atoms with E-state index in [1.165, 1.54) is 0 Å². The van der Waals surface area contributed by atoms with Crippen molar-refractivity contribution in [2.45, 2.75) is 64.4 Å². The van der Waals surface area contributed by atoms with Crippen LogP contribution in [-0.4, -0.2) is 59.8 Å². The summed E-state index contributed by atoms with van der Waals surface area (Å²) in [6.07, 6.45) is -0.197. The lowest BCUT2D eigenvalue weighted by molar-refractivity contribution is -0.159. The molecule has 0 saturated carbocycles. The van der Waals surface area contributed by atoms with Crippen LogP contribution in [0.15, 0.2) is 83.9 Å². The first-order valence-corrected chi connectivity index (χ1v) is 14.7. The minimum Gasteiger partial charge on any atom is -0.458 e. The van der Waals surface area contributed by atoms with Gasteiger partial charge < -0.3 is 20.7 Å². The number of rotatable bonds is 7. The summed E-state index contributed by atoms with van der Waals surface area (Å²) in [7, 11) is 0. The number of esters is 1. The van der Waals surface area contributed by atoms with Crippen LogP contribution in [0, 0.1) is 6.92 Å². The molecule has 10 heteroatoms. The van der Waals surface area contributed by atoms with Crippen LogP contribution in [0.25, 0.3) is 0 Å². The predicted molar refractivity (Wildman–Crippen MR) is 169 cm³/mol. The van der Waals surface area contributed by atoms with Crippen LogP contribution in [0.2, 0.25) is 0 Å². The number of hydrogen-bond acceptors (Lipinski definition) is 7. The second kappa shape index (κ2) is 12.8. The third-order valence-electron chi connectivity index (χ3n) is 7.30. The van der Waals surface area contributed by atoms with Gasteiger partial charge in [0.15, 0.2) is 11.8 Å². The van der Waals surface area contributed by atoms with Gasteiger partial charge in [-0.1, -0.05) is 60.7 Å². The molecule has 0 spiro atoms. The van der Waals surface area contributed by atoms with Crippen molar-refractivity contribution >= 4 is 40.8 Å². The van der Waals surface area contributed by atoms with Gasteiger partial charge in [-0.05, 0) is 70.8 Å². The van der Waals surface area contributed by atoms with Gasteiger partial charge in [-0.25, -0.2) is 14.6 Å². The van der Waals surface area contributed by atoms with Gasteiger partial charge in [0, 0.05) is 16.8 Å². The summed E-state index contributed by atoms with van der Waals surface area (Å²) in [5, 5.41) is 8.59. The maximum atomic E-state index is 14.6. The molecule has 2 aliphatic heterocycles. The molecule has 0 aromatic heterocycles. The Balaban J connectivity index is 1.63. The Morgan fingerprint density at radius 1 is 1.00 bits per heavy atom. The molecule has 2 unspecified atom stereocenters. The Morgan fingerprint density at radius 3 is 2.41 bits per heavy atom. The minimum atomic E-state index is -1.62. The summed E-state index contributed by atoms with van der Waals surface area (Å²) in [6, 6.07) is 20.5. The summed E-state index contributed by atoms with van der Waals surface area (Å²) in [5.41, 5.74) is 2.50. The van der Waals surface area contributed by atoms with Gasteiger partial charge in [0.25, 0.3) is 5.91 Å². The Hall–Kier alpha value is -4.83. The lowest BCUT2D eigenvalue weighted by Gasteiger charge is -2.34. The van der Waals surface area contributed by atoms with Crippen molar-refractivity contribution in [2.75, 3.05) is 16.8 Å². The number of benzene rings is 3. The molecular weight excluding hydrogens is 558 g/mol. The zero-order valence-corrected chi connectivity index (χ0v) is 25.3. The van der Waals surface area contributed by atoms with E-state index in [-0.39, 0.29) is 0 Å². The molecule has 10 nitrogen and oxygen atoms in total. The first-order valence-electron chi connectivity index (χ1n) is 14.7. The standard InChI is InChI=1S/C34H37N5O5/c1-21-12-10-15-23(20-21)36-33(43)38-30-31(41)39(28(32(42)44-34(2,3)4)29(40)25-17-11-19-35-25)26-18-9-8-16-24(26)27(37-30)22-13-6-5-7-14-22/h5-10,12-16,18,20,25,28,30,35H,11,17,19H2,1-4H3,(H2,36,38,43)/t25-,28?,30?/m0/s1. The molecule has 44 heavy (non-hydrogen) atoms. The molecule has 5 rings (SSSR count). The second-order valence-corrected chi connectivity index (χ2v) is 11.9. The van der Waals surface area contributed by atoms with E-state index in [1.807, 2.05) is 43.3 Å². The van der Waals surface area contributed by atoms with Crippen molar-refractivity contribution < 1.29 is 23.9 Å². The third-order valence-corrected chi connectivity index (χ3v) is 7.30. The number of carbonyl (C=O) groups is 4. The summed E-state index contributed by atoms with van der Waals surface area (Å²) in [6.45, 7) is 7.63. The molecule has 3 aromatic carbocycles. The second-order valence-electron chi connectivity index (χ2n) is 11.9. The first-order chi connectivity index (χ1) is 21.0. The Morgan fingerprint density at radius 2 is 1.73 bits per heavy atom. The van der Waals surface area contributed by atoms with Crippen LogP contribution >= 0.6 is 0 Å². The van der Waals surface area contributed by atoms with E-state index in [2.05, 4.69) is 16.0 Å². The van der Waals surface area contributed by atoms with Crippen molar-refractivity contribution in [1.29, 1.82) is 0 Å². The van der Waals surface area contributed by atoms with E-state index in [1.54, 1.807) is 63.2 Å². The van der Waals surface area contributed by atoms with Crippen LogP contribution in [-0.2, 0) is 19.1 Å². The van der Waals surface area contributed by atoms with Crippen molar-refractivity contribution in [1.82, 2.24) is 10.6 Å². The lowest BCUT2D eigenvalue weighted by Crippen LogP contribution is -2.60. The number of aryl methyl sites for hydroxylation is 1. The number of ketones is 1. The number of benzodiazepines with no additional fused rings is 1. The molecule has 3 atom stereocenters. The number of ether oxygens (including phenoxy) is 1. The number of Topliss-reactive ketones (excluding diaryl/α,β-unsaturated/α-hetero) is 1. The van der Waals surface area contributed by atoms with Crippen LogP contribution < -0.4 is 20.9 Å². The molecule has 2 aliphatic rings. The van der Waals surface area contributed by atoms with Gasteiger partial charge in [0.2, 0.25) is 6.17 Å². The molecule has 3 N–H and O–H groups in total. The molecule has 1 fully saturated rings. The highest BCUT2D eigenvalue weighted by Gasteiger charge is 2.47. The maximum Gasteiger partial charge on any atom is 0.337 e. The van der Waals surface area contributed by atoms with Gasteiger partial charge in [-0.15, -0.1) is 0 Å². The predicted octanol–water partition coefficient (Wildman–Crippen LogP) is 4.36. The van der Waals surface area contributed by atoms with Crippen LogP contribution in [0.5, 0.6) is 0 Å². The molecule has 2 heterocycles. The van der Waals surface area contributed by atoms with Crippen LogP contribution in [0.4, 0.5) is 16.2 Å². The number of anilines is 2. The first kappa shape index (κ1) is 30.6. The van der Waals surface area contributed by atoms with Crippen molar-refractivity contribution in [3.8, 4) is 0 Å². The van der Waals surface area contributed by atoms with Gasteiger partial charge in [0.1, 0.15) is 5.60 Å². The van der Waals surface area contributed by atoms with Gasteiger partial charge in [0.05, 0.1) is 17.4 Å². The Bertz CT molecular complexity index is 1590. The topological polar surface area (TPSA) is 129 Å². The van der Waals surface area contributed by atoms with E-state index < -0.39 is 47.5 Å². The fraction of sp³-hybridized carbons (Fsp3) is 0.324. The maximum absolute atomic E-state index is 14.6. The van der Waals surface area contributed by atoms with Gasteiger partial charge in [-0.3, -0.25) is 14.5 Å². The highest BCUT2D eigenvalue weighted by molar-refractivity contribution is 6.23. The number of para-hydroxylation sites is 1. The number of fused-ring (bicyclic) bond motifs is 1. The van der Waals surface area contributed by atoms with Gasteiger partial charge >= 0.3 is 12.0 Å². The largest absolute Gasteiger partial charge is 0.458 e. The summed E-state index contributed by atoms with van der Waals surface area (Å²) >= 11 is 0. The average molecular weight is 596 g/mol. The van der Waals surface area contributed by atoms with E-state index in [0.29, 0.717) is 41.2 Å². The van der Waals surface area contributed by atoms with Crippen molar-refractivity contribution in [3.05, 3.63) is 95.6 Å². The molecule has 0 radical (unpaired) electrons. The number of urea groups is 1. The summed E-state index contributed by atoms with van der Waals surface area (Å²) in [5.74, 6) is -2.08. The third kappa shape index (κ3) is 6.86. The summed E-state index contributed by atoms with van der Waals surface area (Å²) in [4.78, 5) is 61.7. The minimum absolute atomic E-state index is 0.311. The van der Waals surface area contributed by atoms with E-state index in [0.717, 1.165) is 16.9 Å². The molecule has 228 valence electrons. The fourth-order valence-electron chi connectivity index (χ4n) is 5.41. The number of aliphatic imine (C=N–C) groups is 1. The molecule has 0 aliphatic carbocycles. The fourth-order valence-corrected chi connectivity index (χ4v) is 5.41. The van der Waals surface area contributed by atoms with Gasteiger partial charge in [-0.2, -0.15) is 0 Å². The normalized spacial score (nSPS) is 18.9. The number of nitrogens with zero attached hydrogens (tertiary/aromatic N) is 2. The van der Waals surface area contributed by atoms with Crippen molar-refractivity contribution in [2.24, 2.45) is 4.99 Å². The highest BCUT2D eigenvalue weighted by Crippen LogP contribution is 2.32. The zero-order chi connectivity index (χ0) is 31.4. The zero-order valence-electron chi connectivity index (χ0n) is 25.3. The van der Waals surface area contributed by atoms with E-state index >= 15 is 0 Å². The van der Waals surface area contributed by atoms with Crippen molar-refractivity contribution in [3.63, 3.8) is 0 Å². The molecule has 1 saturated heterocycles. The number of hydrogen-bond donors (Lipinski definition) is 3. The highest BCUT2D eigenvalue weighted by atomic mass is 16.6. The molecule has 3 aromatic rings. The lowest BCUT2D eigenvalue weighted by atomic mass is 9.97. The SMILES string of the molecule is Cc1cccc(NC(=O)NC2N=C(c3ccccc3)c3ccccc3N(C(C(=O)OC(C)(C)C)C(=O)[C@@H]3CCCN3)C2=O)c1. The number of amides is 3. The Kier molecular flexibility index (Phi) is 8.91. The molecular formula is C34H37N5O5. The average Bonchev–Trinajstić information content (AvgIpc) is 3.49. The van der Waals surface area contributed by atoms with E-state index in [4.69, 9.17) is 9.73 Å². The Labute approximate surface area is 256 Å². The van der Waals surface area contributed by atoms with Crippen LogP contribution in [0.1, 0.15) is 50.3 Å².